The van der Waals surface area contributed by atoms with Crippen molar-refractivity contribution in [2.24, 2.45) is 0 Å². The topological polar surface area (TPSA) is 83.0 Å². The molecule has 1 aliphatic rings. The number of nitrogens with zero attached hydrogens (tertiary/aromatic N) is 1. The Morgan fingerprint density at radius 1 is 1.56 bits per heavy atom. The largest absolute Gasteiger partial charge is 0.481 e. The van der Waals surface area contributed by atoms with E-state index in [2.05, 4.69) is 9.97 Å². The third kappa shape index (κ3) is 2.29. The monoisotopic (exact) mass is 222 g/mol. The maximum absolute atomic E-state index is 11.7. The van der Waals surface area contributed by atoms with E-state index in [4.69, 9.17) is 5.11 Å². The lowest BCUT2D eigenvalue weighted by Crippen LogP contribution is -2.19. The van der Waals surface area contributed by atoms with Crippen LogP contribution in [0.4, 0.5) is 0 Å². The molecule has 0 amide bonds. The van der Waals surface area contributed by atoms with Crippen molar-refractivity contribution in [3.63, 3.8) is 0 Å². The van der Waals surface area contributed by atoms with E-state index < -0.39 is 5.97 Å². The maximum atomic E-state index is 11.7. The molecule has 1 heterocycles. The molecule has 0 unspecified atom stereocenters. The lowest BCUT2D eigenvalue weighted by molar-refractivity contribution is -0.136. The average molecular weight is 222 g/mol. The van der Waals surface area contributed by atoms with Crippen LogP contribution in [0.5, 0.6) is 0 Å². The van der Waals surface area contributed by atoms with Crippen molar-refractivity contribution < 1.29 is 9.90 Å². The van der Waals surface area contributed by atoms with Crippen LogP contribution in [0, 0.1) is 6.92 Å². The summed E-state index contributed by atoms with van der Waals surface area (Å²) in [6, 6.07) is 0. The molecule has 0 bridgehead atoms. The summed E-state index contributed by atoms with van der Waals surface area (Å²) >= 11 is 0. The zero-order valence-electron chi connectivity index (χ0n) is 9.12. The molecule has 0 aromatic carbocycles. The van der Waals surface area contributed by atoms with Crippen molar-refractivity contribution in [3.8, 4) is 0 Å². The highest BCUT2D eigenvalue weighted by atomic mass is 16.4. The van der Waals surface area contributed by atoms with Crippen LogP contribution in [0.15, 0.2) is 4.79 Å². The SMILES string of the molecule is Cc1nc(C2CC2)[nH]c(=O)c1CCC(=O)O. The number of hydrogen-bond acceptors (Lipinski definition) is 3. The first kappa shape index (κ1) is 10.9. The molecule has 0 aliphatic heterocycles. The number of rotatable bonds is 4. The maximum Gasteiger partial charge on any atom is 0.303 e. The zero-order valence-corrected chi connectivity index (χ0v) is 9.12. The molecule has 1 aromatic heterocycles. The van der Waals surface area contributed by atoms with Crippen LogP contribution in [0.2, 0.25) is 0 Å². The minimum absolute atomic E-state index is 0.0334. The van der Waals surface area contributed by atoms with E-state index in [9.17, 15) is 9.59 Å². The van der Waals surface area contributed by atoms with Gasteiger partial charge in [-0.3, -0.25) is 9.59 Å². The highest BCUT2D eigenvalue weighted by Gasteiger charge is 2.26. The number of carboxylic acid groups (broad SMARTS) is 1. The molecule has 1 aliphatic carbocycles. The predicted octanol–water partition coefficient (Wildman–Crippen LogP) is 0.973. The predicted molar refractivity (Wildman–Crippen MR) is 57.5 cm³/mol. The Morgan fingerprint density at radius 2 is 2.25 bits per heavy atom. The molecule has 1 fully saturated rings. The third-order valence-corrected chi connectivity index (χ3v) is 2.79. The standard InChI is InChI=1S/C11H14N2O3/c1-6-8(4-5-9(14)15)11(16)13-10(12-6)7-2-3-7/h7H,2-5H2,1H3,(H,14,15)(H,12,13,16). The summed E-state index contributed by atoms with van der Waals surface area (Å²) in [6.45, 7) is 1.76. The van der Waals surface area contributed by atoms with E-state index in [0.29, 0.717) is 17.2 Å². The number of hydrogen-bond donors (Lipinski definition) is 2. The van der Waals surface area contributed by atoms with Crippen molar-refractivity contribution in [3.05, 3.63) is 27.4 Å². The van der Waals surface area contributed by atoms with Gasteiger partial charge in [-0.2, -0.15) is 0 Å². The van der Waals surface area contributed by atoms with Gasteiger partial charge in [0.25, 0.3) is 5.56 Å². The van der Waals surface area contributed by atoms with Gasteiger partial charge in [0, 0.05) is 23.6 Å². The van der Waals surface area contributed by atoms with Gasteiger partial charge < -0.3 is 10.1 Å². The molecule has 0 atom stereocenters. The van der Waals surface area contributed by atoms with Crippen LogP contribution in [-0.2, 0) is 11.2 Å². The van der Waals surface area contributed by atoms with Crippen LogP contribution < -0.4 is 5.56 Å². The fourth-order valence-electron chi connectivity index (χ4n) is 1.71. The summed E-state index contributed by atoms with van der Waals surface area (Å²) in [5, 5.41) is 8.58. The average Bonchev–Trinajstić information content (AvgIpc) is 2.98. The molecule has 2 rings (SSSR count). The van der Waals surface area contributed by atoms with Crippen LogP contribution in [0.1, 0.15) is 42.3 Å². The van der Waals surface area contributed by atoms with Gasteiger partial charge in [0.2, 0.25) is 0 Å². The lowest BCUT2D eigenvalue weighted by Gasteiger charge is -2.05. The number of nitrogens with one attached hydrogen (secondary N) is 1. The first-order chi connectivity index (χ1) is 7.58. The number of aromatic nitrogens is 2. The summed E-state index contributed by atoms with van der Waals surface area (Å²) in [4.78, 5) is 29.2. The van der Waals surface area contributed by atoms with Gasteiger partial charge in [-0.25, -0.2) is 4.98 Å². The smallest absolute Gasteiger partial charge is 0.303 e. The summed E-state index contributed by atoms with van der Waals surface area (Å²) < 4.78 is 0. The number of aryl methyl sites for hydroxylation is 1. The van der Waals surface area contributed by atoms with Crippen molar-refractivity contribution in [2.45, 2.75) is 38.5 Å². The van der Waals surface area contributed by atoms with E-state index in [1.165, 1.54) is 0 Å². The molecule has 16 heavy (non-hydrogen) atoms. The Hall–Kier alpha value is -1.65. The third-order valence-electron chi connectivity index (χ3n) is 2.79. The lowest BCUT2D eigenvalue weighted by atomic mass is 10.1. The second kappa shape index (κ2) is 4.08. The molecule has 0 saturated heterocycles. The number of aromatic amines is 1. The van der Waals surface area contributed by atoms with Gasteiger partial charge in [-0.15, -0.1) is 0 Å². The summed E-state index contributed by atoms with van der Waals surface area (Å²) in [5.41, 5.74) is 0.967. The Labute approximate surface area is 92.5 Å². The Bertz CT molecular complexity index is 475. The Morgan fingerprint density at radius 3 is 2.75 bits per heavy atom. The number of H-pyrrole nitrogens is 1. The highest BCUT2D eigenvalue weighted by Crippen LogP contribution is 2.37. The molecule has 86 valence electrons. The molecule has 1 saturated carbocycles. The Balaban J connectivity index is 2.24. The first-order valence-electron chi connectivity index (χ1n) is 5.39. The van der Waals surface area contributed by atoms with Crippen LogP contribution >= 0.6 is 0 Å². The second-order valence-electron chi connectivity index (χ2n) is 4.18. The van der Waals surface area contributed by atoms with E-state index in [1.807, 2.05) is 0 Å². The zero-order chi connectivity index (χ0) is 11.7. The van der Waals surface area contributed by atoms with Crippen molar-refractivity contribution in [1.82, 2.24) is 9.97 Å². The second-order valence-corrected chi connectivity index (χ2v) is 4.18. The summed E-state index contributed by atoms with van der Waals surface area (Å²) in [7, 11) is 0. The molecule has 0 spiro atoms. The number of carbonyl (C=O) groups is 1. The Kier molecular flexibility index (Phi) is 2.77. The van der Waals surface area contributed by atoms with Crippen LogP contribution in [0.25, 0.3) is 0 Å². The van der Waals surface area contributed by atoms with Gasteiger partial charge in [-0.1, -0.05) is 0 Å². The fourth-order valence-corrected chi connectivity index (χ4v) is 1.71. The highest BCUT2D eigenvalue weighted by molar-refractivity contribution is 5.67. The summed E-state index contributed by atoms with van der Waals surface area (Å²) in [5.74, 6) is 0.256. The minimum atomic E-state index is -0.898. The van der Waals surface area contributed by atoms with Gasteiger partial charge >= 0.3 is 5.97 Å². The fraction of sp³-hybridized carbons (Fsp3) is 0.545. The molecule has 5 heteroatoms. The normalized spacial score (nSPS) is 15.1. The van der Waals surface area contributed by atoms with Crippen molar-refractivity contribution in [1.29, 1.82) is 0 Å². The first-order valence-corrected chi connectivity index (χ1v) is 5.39. The number of aliphatic carboxylic acids is 1. The molecule has 5 nitrogen and oxygen atoms in total. The molecular weight excluding hydrogens is 208 g/mol. The van der Waals surface area contributed by atoms with Gasteiger partial charge in [0.15, 0.2) is 0 Å². The van der Waals surface area contributed by atoms with E-state index in [-0.39, 0.29) is 18.4 Å². The van der Waals surface area contributed by atoms with Crippen molar-refractivity contribution in [2.75, 3.05) is 0 Å². The van der Waals surface area contributed by atoms with Crippen LogP contribution in [-0.4, -0.2) is 21.0 Å². The van der Waals surface area contributed by atoms with E-state index in [1.54, 1.807) is 6.92 Å². The van der Waals surface area contributed by atoms with Gasteiger partial charge in [-0.05, 0) is 26.2 Å². The quantitative estimate of drug-likeness (QED) is 0.795. The summed E-state index contributed by atoms with van der Waals surface area (Å²) in [6.07, 6.45) is 2.37. The van der Waals surface area contributed by atoms with E-state index in [0.717, 1.165) is 18.7 Å². The van der Waals surface area contributed by atoms with E-state index >= 15 is 0 Å². The van der Waals surface area contributed by atoms with Crippen molar-refractivity contribution >= 4 is 5.97 Å². The van der Waals surface area contributed by atoms with Gasteiger partial charge in [0.1, 0.15) is 5.82 Å². The molecule has 0 radical (unpaired) electrons. The minimum Gasteiger partial charge on any atom is -0.481 e. The van der Waals surface area contributed by atoms with Gasteiger partial charge in [0.05, 0.1) is 0 Å². The number of carboxylic acids is 1. The molecular formula is C11H14N2O3. The molecule has 1 aromatic rings. The molecule has 2 N–H and O–H groups in total. The van der Waals surface area contributed by atoms with Crippen LogP contribution in [0.3, 0.4) is 0 Å².